The van der Waals surface area contributed by atoms with Crippen LogP contribution in [0.1, 0.15) is 20.3 Å². The molecular formula is C18H24ClN5O3S. The van der Waals surface area contributed by atoms with Crippen LogP contribution in [0.5, 0.6) is 0 Å². The van der Waals surface area contributed by atoms with Gasteiger partial charge in [0.05, 0.1) is 5.25 Å². The predicted molar refractivity (Wildman–Crippen MR) is 109 cm³/mol. The normalized spacial score (nSPS) is 11.9. The lowest BCUT2D eigenvalue weighted by Gasteiger charge is -2.13. The molecule has 0 saturated heterocycles. The minimum Gasteiger partial charge on any atom is -0.385 e. The van der Waals surface area contributed by atoms with E-state index in [4.69, 9.17) is 16.3 Å². The minimum absolute atomic E-state index is 0.393. The van der Waals surface area contributed by atoms with Crippen molar-refractivity contribution in [1.29, 1.82) is 0 Å². The number of halogens is 1. The average Bonchev–Trinajstić information content (AvgIpc) is 3.05. The third-order valence-electron chi connectivity index (χ3n) is 3.77. The highest BCUT2D eigenvalue weighted by Crippen LogP contribution is 2.28. The largest absolute Gasteiger partial charge is 0.385 e. The molecule has 1 heterocycles. The second-order valence-corrected chi connectivity index (χ2v) is 7.66. The molecule has 1 atom stereocenters. The van der Waals surface area contributed by atoms with Gasteiger partial charge in [-0.25, -0.2) is 4.79 Å². The summed E-state index contributed by atoms with van der Waals surface area (Å²) < 4.78 is 7.09. The lowest BCUT2D eigenvalue weighted by molar-refractivity contribution is -0.119. The number of thioether (sulfide) groups is 1. The van der Waals surface area contributed by atoms with Crippen LogP contribution in [-0.4, -0.2) is 52.2 Å². The number of carbonyl (C=O) groups excluding carboxylic acids is 2. The van der Waals surface area contributed by atoms with Crippen molar-refractivity contribution in [2.75, 3.05) is 20.3 Å². The number of methoxy groups -OCH3 is 1. The van der Waals surface area contributed by atoms with Gasteiger partial charge < -0.3 is 14.6 Å². The smallest absolute Gasteiger partial charge is 0.321 e. The summed E-state index contributed by atoms with van der Waals surface area (Å²) in [5, 5.41) is 14.1. The van der Waals surface area contributed by atoms with Gasteiger partial charge in [0, 0.05) is 37.4 Å². The summed E-state index contributed by atoms with van der Waals surface area (Å²) in [6.45, 7) is 5.17. The third-order valence-corrected chi connectivity index (χ3v) is 5.11. The molecule has 1 aromatic carbocycles. The monoisotopic (exact) mass is 425 g/mol. The van der Waals surface area contributed by atoms with Gasteiger partial charge in [-0.2, -0.15) is 0 Å². The molecule has 0 spiro atoms. The van der Waals surface area contributed by atoms with Crippen LogP contribution in [0.25, 0.3) is 11.4 Å². The van der Waals surface area contributed by atoms with Gasteiger partial charge in [-0.1, -0.05) is 23.4 Å². The van der Waals surface area contributed by atoms with Crippen LogP contribution in [0.4, 0.5) is 4.79 Å². The van der Waals surface area contributed by atoms with Crippen molar-refractivity contribution < 1.29 is 14.3 Å². The molecule has 10 heteroatoms. The molecule has 3 amide bonds. The molecule has 0 aliphatic rings. The minimum atomic E-state index is -0.522. The van der Waals surface area contributed by atoms with Crippen LogP contribution >= 0.6 is 23.4 Å². The zero-order valence-electron chi connectivity index (χ0n) is 16.1. The van der Waals surface area contributed by atoms with Gasteiger partial charge in [-0.3, -0.25) is 10.1 Å². The predicted octanol–water partition coefficient (Wildman–Crippen LogP) is 2.96. The fourth-order valence-electron chi connectivity index (χ4n) is 2.39. The number of benzene rings is 1. The highest BCUT2D eigenvalue weighted by Gasteiger charge is 2.22. The number of hydrogen-bond acceptors (Lipinski definition) is 6. The Kier molecular flexibility index (Phi) is 8.75. The number of nitrogens with zero attached hydrogens (tertiary/aromatic N) is 3. The number of hydrogen-bond donors (Lipinski definition) is 2. The van der Waals surface area contributed by atoms with E-state index in [-0.39, 0.29) is 0 Å². The van der Waals surface area contributed by atoms with E-state index in [2.05, 4.69) is 20.8 Å². The molecule has 2 rings (SSSR count). The van der Waals surface area contributed by atoms with Gasteiger partial charge in [0.15, 0.2) is 11.0 Å². The molecule has 0 radical (unpaired) electrons. The summed E-state index contributed by atoms with van der Waals surface area (Å²) in [7, 11) is 1.65. The molecule has 0 bridgehead atoms. The van der Waals surface area contributed by atoms with E-state index >= 15 is 0 Å². The Balaban J connectivity index is 2.19. The molecule has 0 aliphatic carbocycles. The molecule has 2 aromatic rings. The standard InChI is InChI=1S/C18H24ClN5O3S/c1-4-20-17(26)21-16(25)12(2)28-18-23-22-15(24(18)10-5-11-27-3)13-6-8-14(19)9-7-13/h6-9,12H,4-5,10-11H2,1-3H3,(H2,20,21,25,26)/t12-/m0/s1. The van der Waals surface area contributed by atoms with Crippen molar-refractivity contribution in [2.45, 2.75) is 37.2 Å². The Morgan fingerprint density at radius 1 is 1.29 bits per heavy atom. The first kappa shape index (κ1) is 22.2. The number of amides is 3. The summed E-state index contributed by atoms with van der Waals surface area (Å²) in [6, 6.07) is 6.82. The van der Waals surface area contributed by atoms with Crippen LogP contribution < -0.4 is 10.6 Å². The molecular weight excluding hydrogens is 402 g/mol. The van der Waals surface area contributed by atoms with Gasteiger partial charge >= 0.3 is 6.03 Å². The molecule has 0 unspecified atom stereocenters. The van der Waals surface area contributed by atoms with E-state index in [1.807, 2.05) is 16.7 Å². The molecule has 152 valence electrons. The van der Waals surface area contributed by atoms with Crippen LogP contribution in [0.15, 0.2) is 29.4 Å². The zero-order valence-corrected chi connectivity index (χ0v) is 17.6. The molecule has 28 heavy (non-hydrogen) atoms. The summed E-state index contributed by atoms with van der Waals surface area (Å²) >= 11 is 7.22. The molecule has 1 aromatic heterocycles. The van der Waals surface area contributed by atoms with E-state index in [1.165, 1.54) is 11.8 Å². The second kappa shape index (κ2) is 11.0. The molecule has 8 nitrogen and oxygen atoms in total. The number of rotatable bonds is 9. The van der Waals surface area contributed by atoms with E-state index < -0.39 is 17.2 Å². The molecule has 2 N–H and O–H groups in total. The van der Waals surface area contributed by atoms with Crippen LogP contribution in [-0.2, 0) is 16.1 Å². The van der Waals surface area contributed by atoms with Gasteiger partial charge in [-0.15, -0.1) is 10.2 Å². The van der Waals surface area contributed by atoms with E-state index in [1.54, 1.807) is 33.1 Å². The summed E-state index contributed by atoms with van der Waals surface area (Å²) in [5.41, 5.74) is 0.876. The highest BCUT2D eigenvalue weighted by atomic mass is 35.5. The van der Waals surface area contributed by atoms with E-state index in [9.17, 15) is 9.59 Å². The Bertz CT molecular complexity index is 797. The maximum absolute atomic E-state index is 12.2. The first-order valence-corrected chi connectivity index (χ1v) is 10.2. The Morgan fingerprint density at radius 3 is 2.64 bits per heavy atom. The van der Waals surface area contributed by atoms with Gasteiger partial charge in [0.25, 0.3) is 0 Å². The van der Waals surface area contributed by atoms with E-state index in [0.717, 1.165) is 12.0 Å². The zero-order chi connectivity index (χ0) is 20.5. The van der Waals surface area contributed by atoms with Crippen molar-refractivity contribution in [1.82, 2.24) is 25.4 Å². The first-order chi connectivity index (χ1) is 13.5. The van der Waals surface area contributed by atoms with Crippen molar-refractivity contribution in [3.8, 4) is 11.4 Å². The average molecular weight is 426 g/mol. The summed E-state index contributed by atoms with van der Waals surface area (Å²) in [4.78, 5) is 23.8. The third kappa shape index (κ3) is 6.22. The number of urea groups is 1. The van der Waals surface area contributed by atoms with Crippen molar-refractivity contribution in [3.63, 3.8) is 0 Å². The van der Waals surface area contributed by atoms with Crippen molar-refractivity contribution >= 4 is 35.3 Å². The summed E-state index contributed by atoms with van der Waals surface area (Å²) in [5.74, 6) is 0.294. The van der Waals surface area contributed by atoms with Gasteiger partial charge in [0.1, 0.15) is 0 Å². The Morgan fingerprint density at radius 2 is 2.00 bits per heavy atom. The number of imide groups is 1. The first-order valence-electron chi connectivity index (χ1n) is 8.89. The SMILES string of the molecule is CCNC(=O)NC(=O)[C@H](C)Sc1nnc(-c2ccc(Cl)cc2)n1CCCOC. The lowest BCUT2D eigenvalue weighted by Crippen LogP contribution is -2.42. The Hall–Kier alpha value is -2.10. The number of carbonyl (C=O) groups is 2. The highest BCUT2D eigenvalue weighted by molar-refractivity contribution is 8.00. The maximum Gasteiger partial charge on any atom is 0.321 e. The quantitative estimate of drug-likeness (QED) is 0.473. The van der Waals surface area contributed by atoms with Crippen LogP contribution in [0.2, 0.25) is 5.02 Å². The van der Waals surface area contributed by atoms with Gasteiger partial charge in [-0.05, 0) is 44.5 Å². The van der Waals surface area contributed by atoms with Crippen LogP contribution in [0.3, 0.4) is 0 Å². The second-order valence-electron chi connectivity index (χ2n) is 5.92. The topological polar surface area (TPSA) is 98.1 Å². The number of nitrogens with one attached hydrogen (secondary N) is 2. The molecule has 0 saturated carbocycles. The van der Waals surface area contributed by atoms with Crippen molar-refractivity contribution in [3.05, 3.63) is 29.3 Å². The fraction of sp³-hybridized carbons (Fsp3) is 0.444. The lowest BCUT2D eigenvalue weighted by atomic mass is 10.2. The van der Waals surface area contributed by atoms with Gasteiger partial charge in [0.2, 0.25) is 5.91 Å². The number of ether oxygens (including phenoxy) is 1. The molecule has 0 fully saturated rings. The maximum atomic E-state index is 12.2. The fourth-order valence-corrected chi connectivity index (χ4v) is 3.39. The number of aromatic nitrogens is 3. The Labute approximate surface area is 173 Å². The van der Waals surface area contributed by atoms with E-state index in [0.29, 0.717) is 35.7 Å². The van der Waals surface area contributed by atoms with Crippen LogP contribution in [0, 0.1) is 0 Å². The van der Waals surface area contributed by atoms with Crippen molar-refractivity contribution in [2.24, 2.45) is 0 Å². The summed E-state index contributed by atoms with van der Waals surface area (Å²) in [6.07, 6.45) is 0.766. The molecule has 0 aliphatic heterocycles.